The smallest absolute Gasteiger partial charge is 0.234 e. The van der Waals surface area contributed by atoms with Crippen molar-refractivity contribution in [3.63, 3.8) is 0 Å². The van der Waals surface area contributed by atoms with Crippen LogP contribution in [0.3, 0.4) is 0 Å². The molecule has 0 aliphatic rings. The summed E-state index contributed by atoms with van der Waals surface area (Å²) in [6.45, 7) is 8.65. The summed E-state index contributed by atoms with van der Waals surface area (Å²) in [5, 5.41) is 6.21. The van der Waals surface area contributed by atoms with Crippen molar-refractivity contribution in [3.05, 3.63) is 35.4 Å². The number of amides is 1. The first kappa shape index (κ1) is 14.7. The fourth-order valence-electron chi connectivity index (χ4n) is 1.85. The van der Waals surface area contributed by atoms with Crippen LogP contribution in [0.2, 0.25) is 0 Å². The third-order valence-corrected chi connectivity index (χ3v) is 3.26. The lowest BCUT2D eigenvalue weighted by Crippen LogP contribution is -2.38. The summed E-state index contributed by atoms with van der Waals surface area (Å²) in [5.41, 5.74) is 2.38. The van der Waals surface area contributed by atoms with Gasteiger partial charge in [-0.15, -0.1) is 0 Å². The fraction of sp³-hybridized carbons (Fsp3) is 0.533. The van der Waals surface area contributed by atoms with Gasteiger partial charge in [0.25, 0.3) is 0 Å². The van der Waals surface area contributed by atoms with E-state index in [0.717, 1.165) is 6.42 Å². The van der Waals surface area contributed by atoms with Gasteiger partial charge in [0.1, 0.15) is 0 Å². The minimum Gasteiger partial charge on any atom is -0.348 e. The van der Waals surface area contributed by atoms with E-state index in [4.69, 9.17) is 0 Å². The summed E-state index contributed by atoms with van der Waals surface area (Å²) >= 11 is 0. The Morgan fingerprint density at radius 2 is 1.94 bits per heavy atom. The minimum absolute atomic E-state index is 0.0473. The zero-order valence-corrected chi connectivity index (χ0v) is 11.8. The highest BCUT2D eigenvalue weighted by atomic mass is 16.1. The summed E-state index contributed by atoms with van der Waals surface area (Å²) < 4.78 is 0. The molecular weight excluding hydrogens is 224 g/mol. The molecule has 1 aromatic rings. The van der Waals surface area contributed by atoms with Gasteiger partial charge in [-0.3, -0.25) is 4.79 Å². The van der Waals surface area contributed by atoms with E-state index in [1.165, 1.54) is 11.1 Å². The third kappa shape index (κ3) is 4.49. The van der Waals surface area contributed by atoms with Gasteiger partial charge in [0.15, 0.2) is 0 Å². The van der Waals surface area contributed by atoms with Gasteiger partial charge in [0.05, 0.1) is 12.6 Å². The number of nitrogens with one attached hydrogen (secondary N) is 2. The molecule has 0 saturated heterocycles. The second-order valence-corrected chi connectivity index (χ2v) is 4.84. The summed E-state index contributed by atoms with van der Waals surface area (Å²) in [7, 11) is 0. The van der Waals surface area contributed by atoms with Crippen molar-refractivity contribution in [2.75, 3.05) is 6.54 Å². The maximum absolute atomic E-state index is 11.8. The van der Waals surface area contributed by atoms with E-state index in [-0.39, 0.29) is 11.9 Å². The molecule has 0 aliphatic carbocycles. The lowest BCUT2D eigenvalue weighted by atomic mass is 10.0. The van der Waals surface area contributed by atoms with Crippen molar-refractivity contribution in [3.8, 4) is 0 Å². The monoisotopic (exact) mass is 248 g/mol. The van der Waals surface area contributed by atoms with E-state index in [1.54, 1.807) is 0 Å². The number of aryl methyl sites for hydroxylation is 1. The highest BCUT2D eigenvalue weighted by Crippen LogP contribution is 2.16. The Bertz CT molecular complexity index is 390. The van der Waals surface area contributed by atoms with Crippen LogP contribution >= 0.6 is 0 Å². The van der Waals surface area contributed by atoms with Crippen LogP contribution in [0.25, 0.3) is 0 Å². The van der Waals surface area contributed by atoms with Gasteiger partial charge < -0.3 is 10.6 Å². The Morgan fingerprint density at radius 3 is 2.56 bits per heavy atom. The van der Waals surface area contributed by atoms with Crippen molar-refractivity contribution in [2.24, 2.45) is 0 Å². The average Bonchev–Trinajstić information content (AvgIpc) is 2.36. The van der Waals surface area contributed by atoms with Gasteiger partial charge >= 0.3 is 0 Å². The molecule has 0 spiro atoms. The van der Waals surface area contributed by atoms with E-state index >= 15 is 0 Å². The quantitative estimate of drug-likeness (QED) is 0.812. The van der Waals surface area contributed by atoms with Gasteiger partial charge in [-0.05, 0) is 38.3 Å². The van der Waals surface area contributed by atoms with Crippen LogP contribution in [0.4, 0.5) is 0 Å². The molecule has 1 unspecified atom stereocenters. The first-order chi connectivity index (χ1) is 8.54. The topological polar surface area (TPSA) is 41.1 Å². The van der Waals surface area contributed by atoms with Gasteiger partial charge in [0.2, 0.25) is 5.91 Å². The first-order valence-electron chi connectivity index (χ1n) is 6.62. The minimum atomic E-state index is 0.0473. The molecule has 100 valence electrons. The largest absolute Gasteiger partial charge is 0.348 e. The fourth-order valence-corrected chi connectivity index (χ4v) is 1.85. The Kier molecular flexibility index (Phi) is 5.86. The van der Waals surface area contributed by atoms with E-state index < -0.39 is 0 Å². The molecular formula is C15H24N2O. The number of hydrogen-bond donors (Lipinski definition) is 2. The highest BCUT2D eigenvalue weighted by Gasteiger charge is 2.11. The lowest BCUT2D eigenvalue weighted by molar-refractivity contribution is -0.121. The summed E-state index contributed by atoms with van der Waals surface area (Å²) in [4.78, 5) is 11.8. The first-order valence-corrected chi connectivity index (χ1v) is 6.62. The van der Waals surface area contributed by atoms with Crippen LogP contribution in [-0.4, -0.2) is 18.5 Å². The van der Waals surface area contributed by atoms with Gasteiger partial charge in [0, 0.05) is 6.04 Å². The van der Waals surface area contributed by atoms with Crippen LogP contribution in [0.1, 0.15) is 44.4 Å². The second-order valence-electron chi connectivity index (χ2n) is 4.84. The molecule has 1 aromatic carbocycles. The highest BCUT2D eigenvalue weighted by molar-refractivity contribution is 5.78. The summed E-state index contributed by atoms with van der Waals surface area (Å²) in [5.74, 6) is 0.0473. The number of hydrogen-bond acceptors (Lipinski definition) is 2. The van der Waals surface area contributed by atoms with Gasteiger partial charge in [-0.1, -0.05) is 31.2 Å². The van der Waals surface area contributed by atoms with Crippen LogP contribution < -0.4 is 10.6 Å². The molecule has 1 amide bonds. The zero-order chi connectivity index (χ0) is 13.5. The average molecular weight is 248 g/mol. The van der Waals surface area contributed by atoms with E-state index in [2.05, 4.69) is 43.5 Å². The molecule has 0 radical (unpaired) electrons. The molecule has 2 N–H and O–H groups in total. The molecule has 0 bridgehead atoms. The van der Waals surface area contributed by atoms with Crippen LogP contribution in [0.5, 0.6) is 0 Å². The standard InChI is InChI=1S/C15H24N2O/c1-5-12(3)16-10-15(18)17-13(4)14-9-7-6-8-11(14)2/h6-9,12-13,16H,5,10H2,1-4H3,(H,17,18)/t12?,13-/m1/s1. The molecule has 0 fully saturated rings. The Labute approximate surface area is 110 Å². The van der Waals surface area contributed by atoms with Gasteiger partial charge in [-0.2, -0.15) is 0 Å². The van der Waals surface area contributed by atoms with E-state index in [9.17, 15) is 4.79 Å². The molecule has 0 heterocycles. The predicted octanol–water partition coefficient (Wildman–Crippen LogP) is 2.56. The van der Waals surface area contributed by atoms with Crippen LogP contribution in [0.15, 0.2) is 24.3 Å². The molecule has 3 nitrogen and oxygen atoms in total. The normalized spacial score (nSPS) is 14.0. The number of carbonyl (C=O) groups excluding carboxylic acids is 1. The van der Waals surface area contributed by atoms with Crippen molar-refractivity contribution in [1.82, 2.24) is 10.6 Å². The van der Waals surface area contributed by atoms with Crippen molar-refractivity contribution in [2.45, 2.75) is 46.2 Å². The van der Waals surface area contributed by atoms with Crippen molar-refractivity contribution in [1.29, 1.82) is 0 Å². The Morgan fingerprint density at radius 1 is 1.28 bits per heavy atom. The van der Waals surface area contributed by atoms with E-state index in [1.807, 2.05) is 19.1 Å². The maximum atomic E-state index is 11.8. The SMILES string of the molecule is CCC(C)NCC(=O)N[C@H](C)c1ccccc1C. The second kappa shape index (κ2) is 7.17. The number of carbonyl (C=O) groups is 1. The molecule has 3 heteroatoms. The van der Waals surface area contributed by atoms with Crippen LogP contribution in [-0.2, 0) is 4.79 Å². The Hall–Kier alpha value is -1.35. The zero-order valence-electron chi connectivity index (χ0n) is 11.8. The van der Waals surface area contributed by atoms with Gasteiger partial charge in [-0.25, -0.2) is 0 Å². The predicted molar refractivity (Wildman–Crippen MR) is 75.5 cm³/mol. The number of rotatable bonds is 6. The summed E-state index contributed by atoms with van der Waals surface area (Å²) in [6, 6.07) is 8.57. The molecule has 18 heavy (non-hydrogen) atoms. The van der Waals surface area contributed by atoms with E-state index in [0.29, 0.717) is 12.6 Å². The molecule has 0 aromatic heterocycles. The van der Waals surface area contributed by atoms with Crippen LogP contribution in [0, 0.1) is 6.92 Å². The Balaban J connectivity index is 2.47. The van der Waals surface area contributed by atoms with Crippen molar-refractivity contribution < 1.29 is 4.79 Å². The third-order valence-electron chi connectivity index (χ3n) is 3.26. The summed E-state index contributed by atoms with van der Waals surface area (Å²) in [6.07, 6.45) is 1.03. The molecule has 0 aliphatic heterocycles. The number of benzene rings is 1. The lowest BCUT2D eigenvalue weighted by Gasteiger charge is -2.17. The molecule has 2 atom stereocenters. The molecule has 0 saturated carbocycles. The van der Waals surface area contributed by atoms with Crippen molar-refractivity contribution >= 4 is 5.91 Å². The molecule has 1 rings (SSSR count). The maximum Gasteiger partial charge on any atom is 0.234 e.